The van der Waals surface area contributed by atoms with Gasteiger partial charge in [-0.2, -0.15) is 0 Å². The molecule has 0 spiro atoms. The third-order valence-electron chi connectivity index (χ3n) is 3.31. The Morgan fingerprint density at radius 1 is 1.38 bits per heavy atom. The van der Waals surface area contributed by atoms with Crippen LogP contribution in [-0.2, 0) is 0 Å². The second kappa shape index (κ2) is 4.73. The van der Waals surface area contributed by atoms with Crippen LogP contribution in [0, 0.1) is 17.2 Å². The molecule has 2 nitrogen and oxygen atoms in total. The first-order chi connectivity index (χ1) is 7.33. The molecule has 0 heterocycles. The van der Waals surface area contributed by atoms with E-state index in [-0.39, 0.29) is 11.2 Å². The zero-order valence-electron chi connectivity index (χ0n) is 10.5. The molecular weight excluding hydrogens is 203 g/mol. The molecule has 0 amide bonds. The standard InChI is InChI=1S/C13H21FN2/c1-9(2)13(3,4)8-16-12-6-5-10(14)7-11(12)15/h5-7,9,16H,8,15H2,1-4H3. The lowest BCUT2D eigenvalue weighted by atomic mass is 9.81. The molecule has 3 heteroatoms. The highest BCUT2D eigenvalue weighted by molar-refractivity contribution is 5.65. The Hall–Kier alpha value is -1.25. The summed E-state index contributed by atoms with van der Waals surface area (Å²) in [7, 11) is 0. The van der Waals surface area contributed by atoms with Crippen molar-refractivity contribution < 1.29 is 4.39 Å². The van der Waals surface area contributed by atoms with Crippen molar-refractivity contribution >= 4 is 11.4 Å². The van der Waals surface area contributed by atoms with E-state index < -0.39 is 0 Å². The van der Waals surface area contributed by atoms with Crippen molar-refractivity contribution in [3.63, 3.8) is 0 Å². The Kier molecular flexibility index (Phi) is 3.79. The fourth-order valence-electron chi connectivity index (χ4n) is 1.22. The quantitative estimate of drug-likeness (QED) is 0.768. The molecule has 16 heavy (non-hydrogen) atoms. The van der Waals surface area contributed by atoms with Gasteiger partial charge in [-0.05, 0) is 29.5 Å². The average Bonchev–Trinajstić information content (AvgIpc) is 2.16. The van der Waals surface area contributed by atoms with Crippen LogP contribution in [0.25, 0.3) is 0 Å². The molecule has 0 unspecified atom stereocenters. The molecule has 1 aromatic rings. The second-order valence-electron chi connectivity index (χ2n) is 5.23. The zero-order valence-corrected chi connectivity index (χ0v) is 10.5. The Labute approximate surface area is 97.0 Å². The van der Waals surface area contributed by atoms with Gasteiger partial charge in [0.2, 0.25) is 0 Å². The van der Waals surface area contributed by atoms with Crippen molar-refractivity contribution in [2.75, 3.05) is 17.6 Å². The van der Waals surface area contributed by atoms with Gasteiger partial charge < -0.3 is 11.1 Å². The predicted octanol–water partition coefficient (Wildman–Crippen LogP) is 3.50. The summed E-state index contributed by atoms with van der Waals surface area (Å²) in [6, 6.07) is 4.44. The van der Waals surface area contributed by atoms with Crippen molar-refractivity contribution in [1.82, 2.24) is 0 Å². The monoisotopic (exact) mass is 224 g/mol. The third-order valence-corrected chi connectivity index (χ3v) is 3.31. The van der Waals surface area contributed by atoms with Gasteiger partial charge in [0.15, 0.2) is 0 Å². The number of hydrogen-bond acceptors (Lipinski definition) is 2. The minimum atomic E-state index is -0.300. The van der Waals surface area contributed by atoms with Crippen LogP contribution < -0.4 is 11.1 Å². The van der Waals surface area contributed by atoms with Gasteiger partial charge in [-0.15, -0.1) is 0 Å². The van der Waals surface area contributed by atoms with Crippen LogP contribution in [0.2, 0.25) is 0 Å². The first kappa shape index (κ1) is 12.8. The smallest absolute Gasteiger partial charge is 0.125 e. The number of nitrogens with one attached hydrogen (secondary N) is 1. The molecule has 0 fully saturated rings. The number of nitrogen functional groups attached to an aromatic ring is 1. The van der Waals surface area contributed by atoms with Crippen LogP contribution >= 0.6 is 0 Å². The van der Waals surface area contributed by atoms with E-state index in [0.717, 1.165) is 12.2 Å². The molecule has 3 N–H and O–H groups in total. The number of benzene rings is 1. The van der Waals surface area contributed by atoms with Crippen molar-refractivity contribution in [2.45, 2.75) is 27.7 Å². The minimum Gasteiger partial charge on any atom is -0.397 e. The highest BCUT2D eigenvalue weighted by Gasteiger charge is 2.22. The van der Waals surface area contributed by atoms with Crippen LogP contribution in [0.4, 0.5) is 15.8 Å². The summed E-state index contributed by atoms with van der Waals surface area (Å²) >= 11 is 0. The molecule has 0 aliphatic heterocycles. The summed E-state index contributed by atoms with van der Waals surface area (Å²) in [4.78, 5) is 0. The Bertz CT molecular complexity index is 359. The van der Waals surface area contributed by atoms with E-state index in [1.807, 2.05) is 0 Å². The molecule has 0 aliphatic carbocycles. The summed E-state index contributed by atoms with van der Waals surface area (Å²) < 4.78 is 12.8. The Morgan fingerprint density at radius 2 is 2.00 bits per heavy atom. The van der Waals surface area contributed by atoms with E-state index in [1.54, 1.807) is 6.07 Å². The van der Waals surface area contributed by atoms with E-state index in [9.17, 15) is 4.39 Å². The lowest BCUT2D eigenvalue weighted by Gasteiger charge is -2.30. The molecule has 0 saturated heterocycles. The number of rotatable bonds is 4. The van der Waals surface area contributed by atoms with Crippen LogP contribution in [0.1, 0.15) is 27.7 Å². The maximum absolute atomic E-state index is 12.8. The van der Waals surface area contributed by atoms with E-state index in [2.05, 4.69) is 33.0 Å². The van der Waals surface area contributed by atoms with E-state index >= 15 is 0 Å². The van der Waals surface area contributed by atoms with E-state index in [1.165, 1.54) is 12.1 Å². The van der Waals surface area contributed by atoms with Crippen LogP contribution in [0.3, 0.4) is 0 Å². The lowest BCUT2D eigenvalue weighted by molar-refractivity contribution is 0.270. The maximum Gasteiger partial charge on any atom is 0.125 e. The fourth-order valence-corrected chi connectivity index (χ4v) is 1.22. The molecule has 0 saturated carbocycles. The summed E-state index contributed by atoms with van der Waals surface area (Å²) in [5.41, 5.74) is 7.16. The van der Waals surface area contributed by atoms with Gasteiger partial charge >= 0.3 is 0 Å². The molecule has 1 rings (SSSR count). The number of anilines is 2. The van der Waals surface area contributed by atoms with Crippen LogP contribution in [0.15, 0.2) is 18.2 Å². The summed E-state index contributed by atoms with van der Waals surface area (Å²) in [6.07, 6.45) is 0. The molecule has 1 aromatic carbocycles. The fraction of sp³-hybridized carbons (Fsp3) is 0.538. The maximum atomic E-state index is 12.8. The molecule has 0 radical (unpaired) electrons. The summed E-state index contributed by atoms with van der Waals surface area (Å²) in [5.74, 6) is 0.271. The second-order valence-corrected chi connectivity index (χ2v) is 5.23. The summed E-state index contributed by atoms with van der Waals surface area (Å²) in [6.45, 7) is 9.60. The Balaban J connectivity index is 2.68. The molecule has 0 bridgehead atoms. The zero-order chi connectivity index (χ0) is 12.3. The molecular formula is C13H21FN2. The number of halogens is 1. The largest absolute Gasteiger partial charge is 0.397 e. The van der Waals surface area contributed by atoms with Gasteiger partial charge in [0.05, 0.1) is 11.4 Å². The minimum absolute atomic E-state index is 0.181. The first-order valence-corrected chi connectivity index (χ1v) is 5.62. The van der Waals surface area contributed by atoms with Gasteiger partial charge in [0.1, 0.15) is 5.82 Å². The van der Waals surface area contributed by atoms with Crippen molar-refractivity contribution in [3.05, 3.63) is 24.0 Å². The number of hydrogen-bond donors (Lipinski definition) is 2. The SMILES string of the molecule is CC(C)C(C)(C)CNc1ccc(F)cc1N. The Morgan fingerprint density at radius 3 is 2.50 bits per heavy atom. The molecule has 0 atom stereocenters. The highest BCUT2D eigenvalue weighted by Crippen LogP contribution is 2.27. The molecule has 0 aliphatic rings. The van der Waals surface area contributed by atoms with Gasteiger partial charge in [-0.25, -0.2) is 4.39 Å². The van der Waals surface area contributed by atoms with E-state index in [0.29, 0.717) is 11.6 Å². The average molecular weight is 224 g/mol. The number of nitrogens with two attached hydrogens (primary N) is 1. The van der Waals surface area contributed by atoms with Crippen LogP contribution in [0.5, 0.6) is 0 Å². The van der Waals surface area contributed by atoms with Crippen molar-refractivity contribution in [1.29, 1.82) is 0 Å². The van der Waals surface area contributed by atoms with Gasteiger partial charge in [0.25, 0.3) is 0 Å². The van der Waals surface area contributed by atoms with Gasteiger partial charge in [-0.3, -0.25) is 0 Å². The van der Waals surface area contributed by atoms with Crippen LogP contribution in [-0.4, -0.2) is 6.54 Å². The first-order valence-electron chi connectivity index (χ1n) is 5.62. The highest BCUT2D eigenvalue weighted by atomic mass is 19.1. The lowest BCUT2D eigenvalue weighted by Crippen LogP contribution is -2.28. The normalized spacial score (nSPS) is 11.9. The van der Waals surface area contributed by atoms with E-state index in [4.69, 9.17) is 5.73 Å². The predicted molar refractivity (Wildman–Crippen MR) is 67.9 cm³/mol. The van der Waals surface area contributed by atoms with Crippen molar-refractivity contribution in [3.8, 4) is 0 Å². The van der Waals surface area contributed by atoms with Crippen molar-refractivity contribution in [2.24, 2.45) is 11.3 Å². The van der Waals surface area contributed by atoms with Gasteiger partial charge in [0, 0.05) is 6.54 Å². The molecule has 90 valence electrons. The molecule has 0 aromatic heterocycles. The summed E-state index contributed by atoms with van der Waals surface area (Å²) in [5, 5.41) is 3.27. The third kappa shape index (κ3) is 3.12. The van der Waals surface area contributed by atoms with Gasteiger partial charge in [-0.1, -0.05) is 27.7 Å². The topological polar surface area (TPSA) is 38.0 Å².